The summed E-state index contributed by atoms with van der Waals surface area (Å²) in [5, 5.41) is 0. The molecule has 0 spiro atoms. The summed E-state index contributed by atoms with van der Waals surface area (Å²) in [7, 11) is 1.58. The van der Waals surface area contributed by atoms with Crippen LogP contribution in [0.25, 0.3) is 27.1 Å². The molecule has 0 aliphatic rings. The van der Waals surface area contributed by atoms with Crippen molar-refractivity contribution in [2.45, 2.75) is 27.6 Å². The molecule has 0 unspecified atom stereocenters. The van der Waals surface area contributed by atoms with Crippen LogP contribution in [0, 0.1) is 38.5 Å². The van der Waals surface area contributed by atoms with Gasteiger partial charge in [-0.3, -0.25) is 0 Å². The second-order valence-corrected chi connectivity index (χ2v) is 6.40. The van der Waals surface area contributed by atoms with E-state index in [2.05, 4.69) is 22.8 Å². The largest absolute Gasteiger partial charge is 0.310 e. The third kappa shape index (κ3) is 4.46. The molecule has 0 fully saturated rings. The van der Waals surface area contributed by atoms with E-state index >= 15 is 0 Å². The zero-order valence-electron chi connectivity index (χ0n) is 21.6. The highest BCUT2D eigenvalue weighted by Gasteiger charge is 2.08. The van der Waals surface area contributed by atoms with Gasteiger partial charge in [-0.2, -0.15) is 0 Å². The normalized spacial score (nSPS) is 14.0. The molecule has 0 amide bonds. The van der Waals surface area contributed by atoms with Crippen molar-refractivity contribution in [3.05, 3.63) is 87.3 Å². The van der Waals surface area contributed by atoms with Crippen LogP contribution in [-0.4, -0.2) is 7.05 Å². The molecule has 3 aromatic carbocycles. The van der Waals surface area contributed by atoms with E-state index in [0.29, 0.717) is 11.1 Å². The maximum absolute atomic E-state index is 7.84. The monoisotopic (exact) mass is 356 g/mol. The van der Waals surface area contributed by atoms with Crippen molar-refractivity contribution in [1.82, 2.24) is 0 Å². The summed E-state index contributed by atoms with van der Waals surface area (Å²) in [4.78, 5) is 3.91. The molecule has 0 saturated carbocycles. The van der Waals surface area contributed by atoms with E-state index < -0.39 is 13.7 Å². The van der Waals surface area contributed by atoms with Gasteiger partial charge in [-0.25, -0.2) is 0 Å². The Balaban J connectivity index is 2.24. The van der Waals surface area contributed by atoms with Gasteiger partial charge in [-0.15, -0.1) is 5.92 Å². The molecule has 0 N–H and O–H groups in total. The number of aryl methyl sites for hydroxylation is 3. The fraction of sp³-hybridized carbons (Fsp3) is 0.192. The van der Waals surface area contributed by atoms with E-state index in [-0.39, 0.29) is 11.1 Å². The molecule has 0 radical (unpaired) electrons. The minimum Gasteiger partial charge on any atom is -0.101 e. The van der Waals surface area contributed by atoms with Crippen molar-refractivity contribution in [1.29, 1.82) is 0 Å². The number of nitrogens with zero attached hydrogens (tertiary/aromatic N) is 1. The molecule has 132 valence electrons. The Labute approximate surface area is 170 Å². The van der Waals surface area contributed by atoms with Crippen molar-refractivity contribution >= 4 is 0 Å². The number of benzene rings is 3. The van der Waals surface area contributed by atoms with Crippen molar-refractivity contribution in [3.8, 4) is 40.2 Å². The summed E-state index contributed by atoms with van der Waals surface area (Å²) in [6, 6.07) is 18.9. The van der Waals surface area contributed by atoms with Gasteiger partial charge in [-0.05, 0) is 96.8 Å². The molecular formula is C26H24N+. The van der Waals surface area contributed by atoms with Crippen LogP contribution in [0.15, 0.2) is 54.6 Å². The first-order chi connectivity index (χ1) is 15.4. The highest BCUT2D eigenvalue weighted by molar-refractivity contribution is 5.76. The summed E-state index contributed by atoms with van der Waals surface area (Å²) in [6.07, 6.45) is 0. The lowest BCUT2D eigenvalue weighted by molar-refractivity contribution is 1.41. The molecule has 3 aromatic rings. The van der Waals surface area contributed by atoms with Crippen LogP contribution in [0.2, 0.25) is 0 Å². The molecule has 0 saturated heterocycles. The standard InChI is InChI=1S/C26H24N/c1-6-7-21-8-18(2)10-23(14-21)25-12-20(4)13-26(16-25)24-11-19(3)9-22(15-24)17-27-5/h8-16H,1-5H3/q+1/i2D3,3D3. The van der Waals surface area contributed by atoms with Gasteiger partial charge in [0.05, 0.1) is 0 Å². The smallest absolute Gasteiger partial charge is 0.101 e. The van der Waals surface area contributed by atoms with Crippen LogP contribution >= 0.6 is 0 Å². The first-order valence-corrected chi connectivity index (χ1v) is 8.62. The molecule has 0 aliphatic heterocycles. The van der Waals surface area contributed by atoms with Gasteiger partial charge in [0.2, 0.25) is 0 Å². The molecule has 0 heterocycles. The van der Waals surface area contributed by atoms with Gasteiger partial charge in [-0.1, -0.05) is 35.0 Å². The fourth-order valence-corrected chi connectivity index (χ4v) is 3.12. The highest BCUT2D eigenvalue weighted by Crippen LogP contribution is 2.30. The SMILES string of the molecule is [2H]C([2H])([2H])c1cc(C#CC)cc(-c2cc(C)cc(-c3cc(C#[N+]C)cc(C([2H])([2H])[2H])c3)c2)c1. The number of rotatable bonds is 2. The molecule has 0 atom stereocenters. The lowest BCUT2D eigenvalue weighted by Crippen LogP contribution is -1.89. The summed E-state index contributed by atoms with van der Waals surface area (Å²) in [5.74, 6) is 5.78. The van der Waals surface area contributed by atoms with Gasteiger partial charge < -0.3 is 0 Å². The minimum atomic E-state index is -2.27. The third-order valence-corrected chi connectivity index (χ3v) is 4.12. The average molecular weight is 357 g/mol. The van der Waals surface area contributed by atoms with Gasteiger partial charge in [0.15, 0.2) is 0 Å². The Morgan fingerprint density at radius 3 is 1.78 bits per heavy atom. The van der Waals surface area contributed by atoms with E-state index in [9.17, 15) is 0 Å². The first-order valence-electron chi connectivity index (χ1n) is 11.6. The summed E-state index contributed by atoms with van der Waals surface area (Å²) in [6.45, 7) is -0.875. The summed E-state index contributed by atoms with van der Waals surface area (Å²) in [5.41, 5.74) is 5.69. The fourth-order valence-electron chi connectivity index (χ4n) is 3.12. The van der Waals surface area contributed by atoms with Crippen molar-refractivity contribution < 1.29 is 8.22 Å². The summed E-state index contributed by atoms with van der Waals surface area (Å²) >= 11 is 0. The Morgan fingerprint density at radius 1 is 0.704 bits per heavy atom. The van der Waals surface area contributed by atoms with Crippen LogP contribution in [0.3, 0.4) is 0 Å². The Morgan fingerprint density at radius 2 is 1.22 bits per heavy atom. The van der Waals surface area contributed by atoms with Gasteiger partial charge in [0.1, 0.15) is 5.56 Å². The topological polar surface area (TPSA) is 4.36 Å². The third-order valence-electron chi connectivity index (χ3n) is 4.12. The molecule has 0 aromatic heterocycles. The molecular weight excluding hydrogens is 326 g/mol. The van der Waals surface area contributed by atoms with Crippen molar-refractivity contribution in [2.75, 3.05) is 7.05 Å². The maximum Gasteiger partial charge on any atom is 0.310 e. The predicted molar refractivity (Wildman–Crippen MR) is 116 cm³/mol. The van der Waals surface area contributed by atoms with Crippen molar-refractivity contribution in [2.24, 2.45) is 0 Å². The van der Waals surface area contributed by atoms with E-state index in [1.54, 1.807) is 38.2 Å². The van der Waals surface area contributed by atoms with Gasteiger partial charge >= 0.3 is 6.07 Å². The molecule has 27 heavy (non-hydrogen) atoms. The van der Waals surface area contributed by atoms with E-state index in [1.807, 2.05) is 37.3 Å². The molecule has 1 nitrogen and oxygen atoms in total. The maximum atomic E-state index is 7.84. The second-order valence-electron chi connectivity index (χ2n) is 6.40. The Bertz CT molecular complexity index is 1230. The van der Waals surface area contributed by atoms with Crippen LogP contribution in [0.5, 0.6) is 0 Å². The Hall–Kier alpha value is -3.29. The zero-order valence-corrected chi connectivity index (χ0v) is 15.6. The first kappa shape index (κ1) is 12.2. The van der Waals surface area contributed by atoms with E-state index in [0.717, 1.165) is 27.8 Å². The zero-order chi connectivity index (χ0) is 24.4. The quantitative estimate of drug-likeness (QED) is 0.454. The number of hydrogen-bond donors (Lipinski definition) is 0. The van der Waals surface area contributed by atoms with Crippen LogP contribution in [0.1, 0.15) is 43.0 Å². The summed E-state index contributed by atoms with van der Waals surface area (Å²) < 4.78 is 47.0. The van der Waals surface area contributed by atoms with Crippen LogP contribution in [-0.2, 0) is 0 Å². The number of hydrogen-bond acceptors (Lipinski definition) is 0. The van der Waals surface area contributed by atoms with E-state index in [4.69, 9.17) is 8.22 Å². The molecule has 0 aliphatic carbocycles. The lowest BCUT2D eigenvalue weighted by Gasteiger charge is -2.11. The molecule has 1 heteroatoms. The van der Waals surface area contributed by atoms with Crippen LogP contribution in [0.4, 0.5) is 0 Å². The van der Waals surface area contributed by atoms with Crippen molar-refractivity contribution in [3.63, 3.8) is 0 Å². The molecule has 0 bridgehead atoms. The van der Waals surface area contributed by atoms with Gasteiger partial charge in [0, 0.05) is 13.8 Å². The molecule has 3 rings (SSSR count). The van der Waals surface area contributed by atoms with Crippen LogP contribution < -0.4 is 0 Å². The predicted octanol–water partition coefficient (Wildman–Crippen LogP) is 6.63. The average Bonchev–Trinajstić information content (AvgIpc) is 2.72. The second kappa shape index (κ2) is 7.94. The lowest BCUT2D eigenvalue weighted by atomic mass is 9.93. The highest BCUT2D eigenvalue weighted by atomic mass is 14.6. The van der Waals surface area contributed by atoms with Gasteiger partial charge in [0.25, 0.3) is 7.05 Å². The van der Waals surface area contributed by atoms with E-state index in [1.165, 1.54) is 0 Å². The Kier molecular flexibility index (Phi) is 3.58. The minimum absolute atomic E-state index is 0.208.